The fourth-order valence-corrected chi connectivity index (χ4v) is 3.91. The lowest BCUT2D eigenvalue weighted by Crippen LogP contribution is -2.13. The summed E-state index contributed by atoms with van der Waals surface area (Å²) in [6.45, 7) is 5.22. The summed E-state index contributed by atoms with van der Waals surface area (Å²) in [5, 5.41) is 3.51. The van der Waals surface area contributed by atoms with Gasteiger partial charge in [0.2, 0.25) is 0 Å². The van der Waals surface area contributed by atoms with Gasteiger partial charge in [0.1, 0.15) is 5.69 Å². The molecule has 3 rings (SSSR count). The van der Waals surface area contributed by atoms with E-state index in [9.17, 15) is 8.42 Å². The van der Waals surface area contributed by atoms with Crippen LogP contribution in [0.15, 0.2) is 52.2 Å². The van der Waals surface area contributed by atoms with Crippen LogP contribution in [0, 0.1) is 18.8 Å². The third kappa shape index (κ3) is 3.85. The van der Waals surface area contributed by atoms with Gasteiger partial charge in [0.05, 0.1) is 27.7 Å². The molecule has 0 aliphatic rings. The summed E-state index contributed by atoms with van der Waals surface area (Å²) in [5.74, 6) is 6.14. The van der Waals surface area contributed by atoms with E-state index >= 15 is 0 Å². The zero-order chi connectivity index (χ0) is 18.7. The molecule has 0 fully saturated rings. The lowest BCUT2D eigenvalue weighted by Gasteiger charge is -2.09. The summed E-state index contributed by atoms with van der Waals surface area (Å²) < 4.78 is 24.5. The molecule has 0 amide bonds. The highest BCUT2D eigenvalue weighted by Crippen LogP contribution is 2.22. The summed E-state index contributed by atoms with van der Waals surface area (Å²) in [6, 6.07) is 8.69. The molecule has 1 aromatic carbocycles. The van der Waals surface area contributed by atoms with Crippen LogP contribution in [0.1, 0.15) is 32.2 Å². The molecule has 2 aromatic heterocycles. The predicted octanol–water partition coefficient (Wildman–Crippen LogP) is 4.34. The summed E-state index contributed by atoms with van der Waals surface area (Å²) in [5.41, 5.74) is 3.80. The molecule has 134 valence electrons. The summed E-state index contributed by atoms with van der Waals surface area (Å²) in [6.07, 6.45) is 1.68. The first-order valence-corrected chi connectivity index (χ1v) is 10.6. The van der Waals surface area contributed by atoms with Crippen molar-refractivity contribution in [2.45, 2.75) is 30.9 Å². The van der Waals surface area contributed by atoms with Crippen molar-refractivity contribution >= 4 is 21.2 Å². The molecule has 0 saturated heterocycles. The van der Waals surface area contributed by atoms with Gasteiger partial charge in [0.25, 0.3) is 0 Å². The monoisotopic (exact) mass is 384 g/mol. The molecule has 0 radical (unpaired) electrons. The van der Waals surface area contributed by atoms with E-state index in [1.807, 2.05) is 23.8 Å². The van der Waals surface area contributed by atoms with E-state index in [1.165, 1.54) is 0 Å². The third-order valence-electron chi connectivity index (χ3n) is 3.90. The van der Waals surface area contributed by atoms with Gasteiger partial charge in [-0.2, -0.15) is 11.3 Å². The molecular formula is C20H20N2O2S2. The van der Waals surface area contributed by atoms with E-state index in [2.05, 4.69) is 21.8 Å². The highest BCUT2D eigenvalue weighted by Gasteiger charge is 2.19. The van der Waals surface area contributed by atoms with Crippen molar-refractivity contribution in [3.05, 3.63) is 64.2 Å². The minimum absolute atomic E-state index is 0. The highest BCUT2D eigenvalue weighted by atomic mass is 32.2. The maximum absolute atomic E-state index is 12.2. The zero-order valence-corrected chi connectivity index (χ0v) is 16.4. The minimum Gasteiger partial charge on any atom is -0.256 e. The topological polar surface area (TPSA) is 59.9 Å². The maximum atomic E-state index is 12.2. The molecule has 0 saturated carbocycles. The first-order valence-electron chi connectivity index (χ1n) is 8.10. The Balaban J connectivity index is 0.00000261. The van der Waals surface area contributed by atoms with Gasteiger partial charge in [-0.1, -0.05) is 18.1 Å². The van der Waals surface area contributed by atoms with Crippen molar-refractivity contribution < 1.29 is 9.84 Å². The van der Waals surface area contributed by atoms with Gasteiger partial charge in [-0.15, -0.1) is 0 Å². The first kappa shape index (κ1) is 18.3. The minimum atomic E-state index is -3.28. The van der Waals surface area contributed by atoms with Crippen molar-refractivity contribution in [1.82, 2.24) is 9.97 Å². The summed E-state index contributed by atoms with van der Waals surface area (Å²) >= 11 is 1.60. The summed E-state index contributed by atoms with van der Waals surface area (Å²) in [7, 11) is -3.28. The second-order valence-electron chi connectivity index (χ2n) is 6.07. The standard InChI is InChI=1S/C20H18N2O2S2.H2/c1-14(2)26(23,24)18-7-5-17(6-8-18)20-12-21-15(3)19(22-20)9-4-16-10-11-25-13-16;/h5-8,10-14H,1-3H3;1H. The highest BCUT2D eigenvalue weighted by molar-refractivity contribution is 7.92. The summed E-state index contributed by atoms with van der Waals surface area (Å²) in [4.78, 5) is 9.27. The number of thiophene rings is 1. The van der Waals surface area contributed by atoms with Crippen LogP contribution in [0.25, 0.3) is 11.3 Å². The van der Waals surface area contributed by atoms with Gasteiger partial charge in [-0.25, -0.2) is 13.4 Å². The fraction of sp³-hybridized carbons (Fsp3) is 0.200. The number of sulfone groups is 1. The molecule has 0 aliphatic carbocycles. The van der Waals surface area contributed by atoms with Crippen LogP contribution < -0.4 is 0 Å². The molecule has 6 heteroatoms. The Hall–Kier alpha value is -2.49. The Labute approximate surface area is 159 Å². The smallest absolute Gasteiger partial charge is 0.180 e. The molecule has 0 atom stereocenters. The van der Waals surface area contributed by atoms with E-state index in [0.717, 1.165) is 16.8 Å². The number of benzene rings is 1. The van der Waals surface area contributed by atoms with Crippen LogP contribution in [0.5, 0.6) is 0 Å². The van der Waals surface area contributed by atoms with Gasteiger partial charge >= 0.3 is 0 Å². The van der Waals surface area contributed by atoms with Crippen molar-refractivity contribution in [2.75, 3.05) is 0 Å². The number of rotatable bonds is 3. The largest absolute Gasteiger partial charge is 0.256 e. The Morgan fingerprint density at radius 1 is 1.12 bits per heavy atom. The molecule has 4 nitrogen and oxygen atoms in total. The molecule has 26 heavy (non-hydrogen) atoms. The third-order valence-corrected chi connectivity index (χ3v) is 6.75. The quantitative estimate of drug-likeness (QED) is 0.630. The van der Waals surface area contributed by atoms with Gasteiger partial charge in [0.15, 0.2) is 9.84 Å². The van der Waals surface area contributed by atoms with Crippen molar-refractivity contribution in [1.29, 1.82) is 0 Å². The molecule has 2 heterocycles. The lowest BCUT2D eigenvalue weighted by molar-refractivity contribution is 0.587. The van der Waals surface area contributed by atoms with E-state index in [1.54, 1.807) is 55.6 Å². The second kappa shape index (κ2) is 7.40. The van der Waals surface area contributed by atoms with Crippen LogP contribution in [0.2, 0.25) is 0 Å². The van der Waals surface area contributed by atoms with Crippen LogP contribution >= 0.6 is 11.3 Å². The lowest BCUT2D eigenvalue weighted by atomic mass is 10.1. The molecule has 0 aliphatic heterocycles. The molecular weight excluding hydrogens is 364 g/mol. The van der Waals surface area contributed by atoms with Gasteiger partial charge in [0, 0.05) is 17.9 Å². The van der Waals surface area contributed by atoms with Gasteiger partial charge in [-0.3, -0.25) is 4.98 Å². The van der Waals surface area contributed by atoms with Crippen molar-refractivity contribution in [3.63, 3.8) is 0 Å². The van der Waals surface area contributed by atoms with Crippen molar-refractivity contribution in [2.24, 2.45) is 0 Å². The molecule has 0 bridgehead atoms. The SMILES string of the molecule is Cc1ncc(-c2ccc(S(=O)(=O)C(C)C)cc2)nc1C#Cc1ccsc1.[HH]. The fourth-order valence-electron chi connectivity index (χ4n) is 2.26. The van der Waals surface area contributed by atoms with E-state index in [-0.39, 0.29) is 1.43 Å². The van der Waals surface area contributed by atoms with Gasteiger partial charge < -0.3 is 0 Å². The Morgan fingerprint density at radius 2 is 1.85 bits per heavy atom. The zero-order valence-electron chi connectivity index (χ0n) is 14.7. The average molecular weight is 385 g/mol. The second-order valence-corrected chi connectivity index (χ2v) is 9.35. The molecule has 3 aromatic rings. The van der Waals surface area contributed by atoms with Gasteiger partial charge in [-0.05, 0) is 50.3 Å². The number of hydrogen-bond acceptors (Lipinski definition) is 5. The Bertz CT molecular complexity index is 1080. The number of aromatic nitrogens is 2. The van der Waals surface area contributed by atoms with Crippen LogP contribution in [0.3, 0.4) is 0 Å². The van der Waals surface area contributed by atoms with E-state index < -0.39 is 15.1 Å². The Kier molecular flexibility index (Phi) is 5.21. The number of hydrogen-bond donors (Lipinski definition) is 0. The first-order chi connectivity index (χ1) is 12.4. The van der Waals surface area contributed by atoms with Crippen LogP contribution in [0.4, 0.5) is 0 Å². The molecule has 0 N–H and O–H groups in total. The maximum Gasteiger partial charge on any atom is 0.180 e. The number of nitrogens with zero attached hydrogens (tertiary/aromatic N) is 2. The van der Waals surface area contributed by atoms with Crippen LogP contribution in [-0.2, 0) is 9.84 Å². The predicted molar refractivity (Wildman–Crippen MR) is 107 cm³/mol. The number of aryl methyl sites for hydroxylation is 1. The Morgan fingerprint density at radius 3 is 2.46 bits per heavy atom. The van der Waals surface area contributed by atoms with Crippen LogP contribution in [-0.4, -0.2) is 23.6 Å². The van der Waals surface area contributed by atoms with Crippen molar-refractivity contribution in [3.8, 4) is 23.1 Å². The van der Waals surface area contributed by atoms with E-state index in [4.69, 9.17) is 0 Å². The van der Waals surface area contributed by atoms with E-state index in [0.29, 0.717) is 16.3 Å². The molecule has 0 unspecified atom stereocenters. The molecule has 0 spiro atoms. The normalized spacial score (nSPS) is 11.2. The average Bonchev–Trinajstić information content (AvgIpc) is 3.14.